The Hall–Kier alpha value is -1.46. The van der Waals surface area contributed by atoms with Crippen LogP contribution in [0.5, 0.6) is 0 Å². The SMILES string of the molecule is [CH2]COC(=O)NCCCCCCN(C)C(=O)OC(C)(C)[C](C)C. The highest BCUT2D eigenvalue weighted by molar-refractivity contribution is 5.68. The van der Waals surface area contributed by atoms with Gasteiger partial charge in [0.2, 0.25) is 0 Å². The first-order valence-corrected chi connectivity index (χ1v) is 8.15. The van der Waals surface area contributed by atoms with Crippen LogP contribution in [0.2, 0.25) is 0 Å². The van der Waals surface area contributed by atoms with Crippen LogP contribution in [0.4, 0.5) is 9.59 Å². The van der Waals surface area contributed by atoms with Crippen molar-refractivity contribution in [1.29, 1.82) is 0 Å². The lowest BCUT2D eigenvalue weighted by atomic mass is 9.95. The molecule has 1 N–H and O–H groups in total. The van der Waals surface area contributed by atoms with E-state index in [1.54, 1.807) is 11.9 Å². The van der Waals surface area contributed by atoms with Crippen LogP contribution in [0.15, 0.2) is 0 Å². The molecule has 0 rings (SSSR count). The summed E-state index contributed by atoms with van der Waals surface area (Å²) in [5.41, 5.74) is -0.542. The van der Waals surface area contributed by atoms with Crippen molar-refractivity contribution in [3.8, 4) is 0 Å². The molecule has 6 nitrogen and oxygen atoms in total. The molecule has 0 aliphatic rings. The van der Waals surface area contributed by atoms with Gasteiger partial charge in [-0.15, -0.1) is 0 Å². The number of ether oxygens (including phenoxy) is 2. The van der Waals surface area contributed by atoms with Crippen LogP contribution in [-0.2, 0) is 9.47 Å². The number of carbonyl (C=O) groups is 2. The Morgan fingerprint density at radius 1 is 1.13 bits per heavy atom. The summed E-state index contributed by atoms with van der Waals surface area (Å²) in [6, 6.07) is 0. The molecule has 0 atom stereocenters. The van der Waals surface area contributed by atoms with E-state index in [0.717, 1.165) is 31.6 Å². The molecule has 0 aliphatic carbocycles. The van der Waals surface area contributed by atoms with E-state index in [2.05, 4.69) is 17.0 Å². The third-order valence-electron chi connectivity index (χ3n) is 3.78. The second-order valence-electron chi connectivity index (χ2n) is 6.28. The van der Waals surface area contributed by atoms with Crippen molar-refractivity contribution >= 4 is 12.2 Å². The summed E-state index contributed by atoms with van der Waals surface area (Å²) >= 11 is 0. The fourth-order valence-corrected chi connectivity index (χ4v) is 1.65. The predicted octanol–water partition coefficient (Wildman–Crippen LogP) is 3.57. The minimum Gasteiger partial charge on any atom is -0.450 e. The van der Waals surface area contributed by atoms with Gasteiger partial charge in [0.15, 0.2) is 0 Å². The maximum atomic E-state index is 12.0. The molecule has 0 spiro atoms. The van der Waals surface area contributed by atoms with Gasteiger partial charge in [-0.25, -0.2) is 9.59 Å². The molecule has 134 valence electrons. The predicted molar refractivity (Wildman–Crippen MR) is 91.0 cm³/mol. The van der Waals surface area contributed by atoms with Crippen molar-refractivity contribution in [3.63, 3.8) is 0 Å². The minimum atomic E-state index is -0.542. The molecule has 2 amide bonds. The molecule has 0 saturated heterocycles. The van der Waals surface area contributed by atoms with Crippen LogP contribution in [0.3, 0.4) is 0 Å². The molecule has 0 aromatic heterocycles. The lowest BCUT2D eigenvalue weighted by Gasteiger charge is -2.31. The van der Waals surface area contributed by atoms with Crippen LogP contribution in [0.1, 0.15) is 53.4 Å². The molecule has 0 bridgehead atoms. The summed E-state index contributed by atoms with van der Waals surface area (Å²) in [4.78, 5) is 24.6. The lowest BCUT2D eigenvalue weighted by molar-refractivity contribution is 0.0274. The fraction of sp³-hybridized carbons (Fsp3) is 0.765. The van der Waals surface area contributed by atoms with E-state index in [4.69, 9.17) is 4.74 Å². The zero-order valence-electron chi connectivity index (χ0n) is 15.2. The molecule has 0 unspecified atom stereocenters. The van der Waals surface area contributed by atoms with E-state index in [1.165, 1.54) is 0 Å². The minimum absolute atomic E-state index is 0.139. The summed E-state index contributed by atoms with van der Waals surface area (Å²) in [7, 11) is 1.75. The second kappa shape index (κ2) is 11.1. The quantitative estimate of drug-likeness (QED) is 0.623. The normalized spacial score (nSPS) is 11.3. The standard InChI is InChI=1S/C17H32N2O4/c1-7-22-15(20)18-12-10-8-9-11-13-19(6)16(21)23-17(4,5)14(2)3/h1,7-13H2,2-6H3,(H,18,20). The highest BCUT2D eigenvalue weighted by Gasteiger charge is 2.28. The summed E-state index contributed by atoms with van der Waals surface area (Å²) in [5, 5.41) is 2.65. The maximum absolute atomic E-state index is 12.0. The topological polar surface area (TPSA) is 67.9 Å². The molecular weight excluding hydrogens is 296 g/mol. The van der Waals surface area contributed by atoms with Crippen LogP contribution in [0.25, 0.3) is 0 Å². The van der Waals surface area contributed by atoms with Gasteiger partial charge in [0.05, 0.1) is 6.61 Å². The van der Waals surface area contributed by atoms with E-state index in [1.807, 2.05) is 27.7 Å². The van der Waals surface area contributed by atoms with Crippen molar-refractivity contribution in [2.75, 3.05) is 26.7 Å². The zero-order valence-corrected chi connectivity index (χ0v) is 15.2. The highest BCUT2D eigenvalue weighted by atomic mass is 16.6. The Labute approximate surface area is 140 Å². The van der Waals surface area contributed by atoms with Gasteiger partial charge in [0.1, 0.15) is 5.60 Å². The summed E-state index contributed by atoms with van der Waals surface area (Å²) in [6.07, 6.45) is 3.05. The van der Waals surface area contributed by atoms with Crippen LogP contribution in [-0.4, -0.2) is 49.4 Å². The number of rotatable bonds is 10. The zero-order chi connectivity index (χ0) is 17.9. The van der Waals surface area contributed by atoms with Crippen LogP contribution < -0.4 is 5.32 Å². The molecule has 2 radical (unpaired) electrons. The van der Waals surface area contributed by atoms with Crippen molar-refractivity contribution in [2.24, 2.45) is 0 Å². The average Bonchev–Trinajstić information content (AvgIpc) is 2.45. The number of hydrogen-bond donors (Lipinski definition) is 1. The van der Waals surface area contributed by atoms with Crippen LogP contribution >= 0.6 is 0 Å². The fourth-order valence-electron chi connectivity index (χ4n) is 1.65. The number of nitrogens with zero attached hydrogens (tertiary/aromatic N) is 1. The number of amides is 2. The lowest BCUT2D eigenvalue weighted by Crippen LogP contribution is -2.38. The third-order valence-corrected chi connectivity index (χ3v) is 3.78. The van der Waals surface area contributed by atoms with Crippen molar-refractivity contribution in [2.45, 2.75) is 59.0 Å². The van der Waals surface area contributed by atoms with Crippen LogP contribution in [0, 0.1) is 12.8 Å². The molecule has 0 heterocycles. The maximum Gasteiger partial charge on any atom is 0.410 e. The summed E-state index contributed by atoms with van der Waals surface area (Å²) < 4.78 is 10.2. The highest BCUT2D eigenvalue weighted by Crippen LogP contribution is 2.23. The van der Waals surface area contributed by atoms with Gasteiger partial charge >= 0.3 is 12.2 Å². The number of carbonyl (C=O) groups excluding carboxylic acids is 2. The van der Waals surface area contributed by atoms with Gasteiger partial charge < -0.3 is 19.7 Å². The number of unbranched alkanes of at least 4 members (excludes halogenated alkanes) is 3. The van der Waals surface area contributed by atoms with E-state index < -0.39 is 11.7 Å². The van der Waals surface area contributed by atoms with Gasteiger partial charge in [-0.3, -0.25) is 0 Å². The molecule has 0 fully saturated rings. The number of alkyl carbamates (subject to hydrolysis) is 1. The molecule has 6 heteroatoms. The van der Waals surface area contributed by atoms with E-state index >= 15 is 0 Å². The smallest absolute Gasteiger partial charge is 0.410 e. The molecular formula is C17H32N2O4. The van der Waals surface area contributed by atoms with Crippen molar-refractivity contribution in [3.05, 3.63) is 12.8 Å². The summed E-state index contributed by atoms with van der Waals surface area (Å²) in [5.74, 6) is 1.06. The Bertz CT molecular complexity index is 357. The van der Waals surface area contributed by atoms with E-state index in [0.29, 0.717) is 13.1 Å². The average molecular weight is 328 g/mol. The molecule has 0 aromatic carbocycles. The number of hydrogen-bond acceptors (Lipinski definition) is 4. The first kappa shape index (κ1) is 21.5. The third kappa shape index (κ3) is 10.0. The monoisotopic (exact) mass is 328 g/mol. The van der Waals surface area contributed by atoms with Gasteiger partial charge in [-0.1, -0.05) is 26.7 Å². The van der Waals surface area contributed by atoms with E-state index in [-0.39, 0.29) is 12.7 Å². The largest absolute Gasteiger partial charge is 0.450 e. The molecule has 0 aromatic rings. The molecule has 0 aliphatic heterocycles. The van der Waals surface area contributed by atoms with Gasteiger partial charge in [0.25, 0.3) is 0 Å². The van der Waals surface area contributed by atoms with E-state index in [9.17, 15) is 9.59 Å². The van der Waals surface area contributed by atoms with Gasteiger partial charge in [-0.2, -0.15) is 0 Å². The van der Waals surface area contributed by atoms with Crippen molar-refractivity contribution in [1.82, 2.24) is 10.2 Å². The Morgan fingerprint density at radius 3 is 2.30 bits per heavy atom. The second-order valence-corrected chi connectivity index (χ2v) is 6.28. The Morgan fingerprint density at radius 2 is 1.74 bits per heavy atom. The molecule has 23 heavy (non-hydrogen) atoms. The first-order valence-electron chi connectivity index (χ1n) is 8.15. The number of nitrogens with one attached hydrogen (secondary N) is 1. The van der Waals surface area contributed by atoms with Gasteiger partial charge in [0, 0.05) is 26.1 Å². The van der Waals surface area contributed by atoms with Crippen molar-refractivity contribution < 1.29 is 19.1 Å². The Balaban J connectivity index is 3.72. The summed E-state index contributed by atoms with van der Waals surface area (Å²) in [6.45, 7) is 12.5. The molecule has 0 saturated carbocycles. The Kier molecular flexibility index (Phi) is 10.4. The van der Waals surface area contributed by atoms with Gasteiger partial charge in [-0.05, 0) is 33.6 Å². The first-order chi connectivity index (χ1) is 10.7.